The molecule has 7 atom stereocenters. The van der Waals surface area contributed by atoms with E-state index < -0.39 is 6.10 Å². The molecule has 1 N–H and O–H groups in total. The summed E-state index contributed by atoms with van der Waals surface area (Å²) in [7, 11) is 0. The summed E-state index contributed by atoms with van der Waals surface area (Å²) in [5, 5.41) is 10.3. The van der Waals surface area contributed by atoms with E-state index in [2.05, 4.69) is 26.0 Å². The van der Waals surface area contributed by atoms with Crippen LogP contribution in [0.15, 0.2) is 12.2 Å². The number of hydrogen-bond donors (Lipinski definition) is 1. The van der Waals surface area contributed by atoms with Crippen LogP contribution in [0.3, 0.4) is 0 Å². The van der Waals surface area contributed by atoms with Gasteiger partial charge >= 0.3 is 5.97 Å². The lowest BCUT2D eigenvalue weighted by Crippen LogP contribution is -2.40. The molecular weight excluding hydrogens is 324 g/mol. The second-order valence-electron chi connectivity index (χ2n) is 10.2. The molecule has 26 heavy (non-hydrogen) atoms. The molecule has 0 saturated heterocycles. The molecule has 3 heteroatoms. The van der Waals surface area contributed by atoms with Crippen LogP contribution in [-0.4, -0.2) is 22.8 Å². The van der Waals surface area contributed by atoms with E-state index in [0.29, 0.717) is 5.92 Å². The fraction of sp³-hybridized carbons (Fsp3) is 0.870. The fourth-order valence-electron chi connectivity index (χ4n) is 6.64. The first-order valence-corrected chi connectivity index (χ1v) is 11.0. The average molecular weight is 361 g/mol. The van der Waals surface area contributed by atoms with Crippen LogP contribution < -0.4 is 0 Å². The number of fused-ring (bicyclic) bond motifs is 4. The highest BCUT2D eigenvalue weighted by Gasteiger charge is 2.48. The zero-order chi connectivity index (χ0) is 18.3. The maximum atomic E-state index is 12.4. The monoisotopic (exact) mass is 360 g/mol. The van der Waals surface area contributed by atoms with Crippen molar-refractivity contribution in [2.24, 2.45) is 35.5 Å². The fourth-order valence-corrected chi connectivity index (χ4v) is 6.64. The summed E-state index contributed by atoms with van der Waals surface area (Å²) >= 11 is 0. The molecule has 4 aliphatic rings. The van der Waals surface area contributed by atoms with Gasteiger partial charge in [-0.2, -0.15) is 0 Å². The number of aliphatic hydroxyl groups is 1. The number of esters is 1. The van der Waals surface area contributed by atoms with Crippen molar-refractivity contribution >= 4 is 5.97 Å². The molecule has 0 amide bonds. The molecule has 4 aliphatic carbocycles. The zero-order valence-electron chi connectivity index (χ0n) is 16.5. The van der Waals surface area contributed by atoms with Gasteiger partial charge < -0.3 is 9.84 Å². The van der Waals surface area contributed by atoms with Crippen molar-refractivity contribution in [2.75, 3.05) is 0 Å². The maximum Gasteiger partial charge on any atom is 0.308 e. The van der Waals surface area contributed by atoms with Gasteiger partial charge in [0.1, 0.15) is 5.60 Å². The first-order valence-electron chi connectivity index (χ1n) is 11.0. The van der Waals surface area contributed by atoms with Gasteiger partial charge in [-0.05, 0) is 88.4 Å². The maximum absolute atomic E-state index is 12.4. The Bertz CT molecular complexity index is 552. The minimum atomic E-state index is -0.549. The van der Waals surface area contributed by atoms with Gasteiger partial charge in [-0.25, -0.2) is 0 Å². The van der Waals surface area contributed by atoms with Crippen LogP contribution in [0.2, 0.25) is 0 Å². The Morgan fingerprint density at radius 2 is 2.04 bits per heavy atom. The van der Waals surface area contributed by atoms with Gasteiger partial charge in [-0.1, -0.05) is 25.0 Å². The van der Waals surface area contributed by atoms with Gasteiger partial charge in [0.25, 0.3) is 0 Å². The van der Waals surface area contributed by atoms with Crippen molar-refractivity contribution in [3.63, 3.8) is 0 Å². The van der Waals surface area contributed by atoms with E-state index in [0.717, 1.165) is 42.4 Å². The highest BCUT2D eigenvalue weighted by molar-refractivity contribution is 5.70. The van der Waals surface area contributed by atoms with Gasteiger partial charge in [0.15, 0.2) is 0 Å². The molecule has 0 radical (unpaired) electrons. The quantitative estimate of drug-likeness (QED) is 0.496. The predicted octanol–water partition coefficient (Wildman–Crippen LogP) is 4.88. The van der Waals surface area contributed by atoms with E-state index in [9.17, 15) is 9.90 Å². The molecule has 0 spiro atoms. The molecule has 0 heterocycles. The summed E-state index contributed by atoms with van der Waals surface area (Å²) in [5.41, 5.74) is -0.383. The van der Waals surface area contributed by atoms with Gasteiger partial charge in [0.05, 0.1) is 12.5 Å². The number of hydrogen-bond acceptors (Lipinski definition) is 3. The number of allylic oxidation sites excluding steroid dienone is 2. The molecular formula is C23H36O3. The van der Waals surface area contributed by atoms with Crippen molar-refractivity contribution in [3.8, 4) is 0 Å². The van der Waals surface area contributed by atoms with Crippen LogP contribution >= 0.6 is 0 Å². The Morgan fingerprint density at radius 3 is 2.65 bits per heavy atom. The van der Waals surface area contributed by atoms with E-state index in [1.807, 2.05) is 0 Å². The van der Waals surface area contributed by atoms with Crippen molar-refractivity contribution in [2.45, 2.75) is 89.8 Å². The highest BCUT2D eigenvalue weighted by atomic mass is 16.6. The molecule has 3 fully saturated rings. The van der Waals surface area contributed by atoms with Crippen LogP contribution in [0, 0.1) is 35.5 Å². The molecule has 0 aliphatic heterocycles. The van der Waals surface area contributed by atoms with Gasteiger partial charge in [0, 0.05) is 5.92 Å². The Labute approximate surface area is 158 Å². The van der Waals surface area contributed by atoms with Crippen molar-refractivity contribution < 1.29 is 14.6 Å². The Hall–Kier alpha value is -0.830. The van der Waals surface area contributed by atoms with E-state index >= 15 is 0 Å². The van der Waals surface area contributed by atoms with Gasteiger partial charge in [-0.15, -0.1) is 0 Å². The van der Waals surface area contributed by atoms with Crippen molar-refractivity contribution in [3.05, 3.63) is 12.2 Å². The lowest BCUT2D eigenvalue weighted by atomic mass is 9.78. The molecule has 0 aromatic rings. The third-order valence-corrected chi connectivity index (χ3v) is 7.94. The van der Waals surface area contributed by atoms with E-state index in [-0.39, 0.29) is 18.0 Å². The molecule has 4 rings (SSSR count). The number of aliphatic hydroxyl groups excluding tert-OH is 1. The lowest BCUT2D eigenvalue weighted by Gasteiger charge is -2.37. The minimum Gasteiger partial charge on any atom is -0.459 e. The normalized spacial score (nSPS) is 38.9. The van der Waals surface area contributed by atoms with E-state index in [4.69, 9.17) is 4.74 Å². The first kappa shape index (κ1) is 18.5. The van der Waals surface area contributed by atoms with Crippen LogP contribution in [0.4, 0.5) is 0 Å². The van der Waals surface area contributed by atoms with Crippen LogP contribution in [0.25, 0.3) is 0 Å². The summed E-state index contributed by atoms with van der Waals surface area (Å²) < 4.78 is 5.86. The SMILES string of the molecule is CC(C)(OC(=O)CC(O)CCCC1CC2C=CC1C2)C1CC2CCC1C2. The Kier molecular flexibility index (Phi) is 5.20. The third kappa shape index (κ3) is 3.88. The summed E-state index contributed by atoms with van der Waals surface area (Å²) in [5.74, 6) is 4.29. The summed E-state index contributed by atoms with van der Waals surface area (Å²) in [4.78, 5) is 12.4. The van der Waals surface area contributed by atoms with Crippen molar-refractivity contribution in [1.29, 1.82) is 0 Å². The summed E-state index contributed by atoms with van der Waals surface area (Å²) in [6, 6.07) is 0. The Morgan fingerprint density at radius 1 is 1.19 bits per heavy atom. The smallest absolute Gasteiger partial charge is 0.308 e. The van der Waals surface area contributed by atoms with Gasteiger partial charge in [0.2, 0.25) is 0 Å². The number of carbonyl (C=O) groups excluding carboxylic acids is 1. The van der Waals surface area contributed by atoms with Crippen LogP contribution in [-0.2, 0) is 9.53 Å². The predicted molar refractivity (Wildman–Crippen MR) is 102 cm³/mol. The third-order valence-electron chi connectivity index (χ3n) is 7.94. The molecule has 3 nitrogen and oxygen atoms in total. The molecule has 0 aromatic heterocycles. The lowest BCUT2D eigenvalue weighted by molar-refractivity contribution is -0.166. The van der Waals surface area contributed by atoms with Gasteiger partial charge in [-0.3, -0.25) is 4.79 Å². The largest absolute Gasteiger partial charge is 0.459 e. The highest BCUT2D eigenvalue weighted by Crippen LogP contribution is 2.53. The summed E-state index contributed by atoms with van der Waals surface area (Å²) in [6.07, 6.45) is 15.2. The first-order chi connectivity index (χ1) is 12.4. The number of rotatable bonds is 8. The van der Waals surface area contributed by atoms with Crippen LogP contribution in [0.5, 0.6) is 0 Å². The average Bonchev–Trinajstić information content (AvgIpc) is 3.35. The van der Waals surface area contributed by atoms with E-state index in [1.54, 1.807) is 0 Å². The standard InChI is InChI=1S/C23H36O3/c1-23(2,21-13-16-7-9-19(21)12-16)26-22(25)14-20(24)5-3-4-17-10-15-6-8-18(17)11-15/h6,8,15-21,24H,3-5,7,9-14H2,1-2H3. The molecule has 0 aromatic carbocycles. The molecule has 4 bridgehead atoms. The minimum absolute atomic E-state index is 0.154. The second kappa shape index (κ2) is 7.30. The molecule has 7 unspecified atom stereocenters. The molecule has 146 valence electrons. The van der Waals surface area contributed by atoms with Crippen molar-refractivity contribution in [1.82, 2.24) is 0 Å². The topological polar surface area (TPSA) is 46.5 Å². The summed E-state index contributed by atoms with van der Waals surface area (Å²) in [6.45, 7) is 4.15. The number of carbonyl (C=O) groups is 1. The molecule has 3 saturated carbocycles. The second-order valence-corrected chi connectivity index (χ2v) is 10.2. The number of ether oxygens (including phenoxy) is 1. The Balaban J connectivity index is 1.16. The van der Waals surface area contributed by atoms with E-state index in [1.165, 1.54) is 44.9 Å². The zero-order valence-corrected chi connectivity index (χ0v) is 16.5. The van der Waals surface area contributed by atoms with Crippen LogP contribution in [0.1, 0.15) is 78.1 Å².